The summed E-state index contributed by atoms with van der Waals surface area (Å²) in [6.45, 7) is 0.311. The number of pyridine rings is 1. The topological polar surface area (TPSA) is 90.0 Å². The first-order valence-electron chi connectivity index (χ1n) is 9.96. The molecule has 1 atom stereocenters. The summed E-state index contributed by atoms with van der Waals surface area (Å²) in [5.41, 5.74) is 5.02. The number of benzene rings is 2. The molecule has 4 N–H and O–H groups in total. The van der Waals surface area contributed by atoms with Crippen LogP contribution in [0.5, 0.6) is 0 Å². The monoisotopic (exact) mass is 400 g/mol. The number of aromatic nitrogens is 2. The second kappa shape index (κ2) is 9.24. The number of hydrogen-bond acceptors (Lipinski definition) is 3. The molecule has 0 spiro atoms. The lowest BCUT2D eigenvalue weighted by Crippen LogP contribution is -2.40. The Morgan fingerprint density at radius 1 is 1.00 bits per heavy atom. The summed E-state index contributed by atoms with van der Waals surface area (Å²) >= 11 is 0. The van der Waals surface area contributed by atoms with Crippen molar-refractivity contribution in [2.24, 2.45) is 0 Å². The smallest absolute Gasteiger partial charge is 0.315 e. The zero-order valence-electron chi connectivity index (χ0n) is 16.5. The first kappa shape index (κ1) is 19.7. The summed E-state index contributed by atoms with van der Waals surface area (Å²) in [5.74, 6) is 0. The van der Waals surface area contributed by atoms with Crippen LogP contribution >= 0.6 is 0 Å². The van der Waals surface area contributed by atoms with Gasteiger partial charge in [-0.1, -0.05) is 54.6 Å². The molecule has 2 heterocycles. The fourth-order valence-electron chi connectivity index (χ4n) is 3.51. The second-order valence-electron chi connectivity index (χ2n) is 7.09. The van der Waals surface area contributed by atoms with E-state index >= 15 is 0 Å². The molecule has 4 aromatic rings. The Morgan fingerprint density at radius 3 is 2.53 bits per heavy atom. The van der Waals surface area contributed by atoms with E-state index in [0.29, 0.717) is 13.0 Å². The van der Waals surface area contributed by atoms with E-state index in [-0.39, 0.29) is 12.6 Å². The zero-order valence-corrected chi connectivity index (χ0v) is 16.5. The number of amides is 2. The van der Waals surface area contributed by atoms with Gasteiger partial charge in [0.15, 0.2) is 0 Å². The van der Waals surface area contributed by atoms with Gasteiger partial charge in [-0.3, -0.25) is 0 Å². The van der Waals surface area contributed by atoms with E-state index in [1.165, 1.54) is 0 Å². The zero-order chi connectivity index (χ0) is 20.8. The predicted octanol–water partition coefficient (Wildman–Crippen LogP) is 3.81. The Hall–Kier alpha value is -3.64. The Labute approximate surface area is 175 Å². The van der Waals surface area contributed by atoms with E-state index in [0.717, 1.165) is 33.3 Å². The van der Waals surface area contributed by atoms with Crippen molar-refractivity contribution in [3.63, 3.8) is 0 Å². The van der Waals surface area contributed by atoms with Gasteiger partial charge in [0.1, 0.15) is 5.65 Å². The average molecular weight is 400 g/mol. The van der Waals surface area contributed by atoms with Crippen LogP contribution in [-0.2, 0) is 6.42 Å². The Bertz CT molecular complexity index is 1110. The first-order chi connectivity index (χ1) is 14.7. The molecule has 2 amide bonds. The molecule has 0 aliphatic carbocycles. The van der Waals surface area contributed by atoms with Gasteiger partial charge in [0, 0.05) is 24.3 Å². The number of hydrogen-bond donors (Lipinski definition) is 4. The highest BCUT2D eigenvalue weighted by Gasteiger charge is 2.14. The van der Waals surface area contributed by atoms with Crippen LogP contribution < -0.4 is 10.6 Å². The van der Waals surface area contributed by atoms with E-state index < -0.39 is 6.04 Å². The van der Waals surface area contributed by atoms with E-state index in [1.54, 1.807) is 6.20 Å². The van der Waals surface area contributed by atoms with Crippen LogP contribution in [0, 0.1) is 0 Å². The number of nitrogens with zero attached hydrogens (tertiary/aromatic N) is 1. The Balaban J connectivity index is 1.32. The minimum Gasteiger partial charge on any atom is -0.394 e. The minimum atomic E-state index is -0.466. The molecule has 4 rings (SSSR count). The molecule has 2 aromatic heterocycles. The normalized spacial score (nSPS) is 11.9. The van der Waals surface area contributed by atoms with Gasteiger partial charge in [0.05, 0.1) is 12.6 Å². The summed E-state index contributed by atoms with van der Waals surface area (Å²) in [4.78, 5) is 19.7. The van der Waals surface area contributed by atoms with Crippen LogP contribution in [0.3, 0.4) is 0 Å². The summed E-state index contributed by atoms with van der Waals surface area (Å²) in [6, 6.07) is 21.1. The summed E-state index contributed by atoms with van der Waals surface area (Å²) in [7, 11) is 0. The fourth-order valence-corrected chi connectivity index (χ4v) is 3.51. The van der Waals surface area contributed by atoms with Gasteiger partial charge in [0.2, 0.25) is 0 Å². The highest BCUT2D eigenvalue weighted by atomic mass is 16.3. The van der Waals surface area contributed by atoms with Crippen molar-refractivity contribution >= 4 is 17.1 Å². The van der Waals surface area contributed by atoms with E-state index in [9.17, 15) is 9.90 Å². The van der Waals surface area contributed by atoms with Crippen LogP contribution in [0.1, 0.15) is 17.2 Å². The van der Waals surface area contributed by atoms with Crippen molar-refractivity contribution in [2.75, 3.05) is 13.2 Å². The lowest BCUT2D eigenvalue weighted by Gasteiger charge is -2.18. The Kier molecular flexibility index (Phi) is 6.06. The SMILES string of the molecule is O=C(NCCc1c[nH]c2ncccc12)NC(CO)c1ccc(-c2ccccc2)cc1. The van der Waals surface area contributed by atoms with Crippen LogP contribution in [0.25, 0.3) is 22.2 Å². The maximum Gasteiger partial charge on any atom is 0.315 e. The van der Waals surface area contributed by atoms with E-state index in [4.69, 9.17) is 0 Å². The molecule has 2 aromatic carbocycles. The third kappa shape index (κ3) is 4.50. The number of urea groups is 1. The van der Waals surface area contributed by atoms with Crippen molar-refractivity contribution in [2.45, 2.75) is 12.5 Å². The van der Waals surface area contributed by atoms with Crippen molar-refractivity contribution in [3.8, 4) is 11.1 Å². The molecular weight excluding hydrogens is 376 g/mol. The molecule has 0 aliphatic rings. The van der Waals surface area contributed by atoms with Crippen LogP contribution in [0.15, 0.2) is 79.1 Å². The fraction of sp³-hybridized carbons (Fsp3) is 0.167. The highest BCUT2D eigenvalue weighted by molar-refractivity contribution is 5.79. The number of aliphatic hydroxyl groups is 1. The number of carbonyl (C=O) groups excluding carboxylic acids is 1. The van der Waals surface area contributed by atoms with Crippen LogP contribution in [-0.4, -0.2) is 34.3 Å². The molecule has 0 saturated carbocycles. The quantitative estimate of drug-likeness (QED) is 0.380. The number of nitrogens with one attached hydrogen (secondary N) is 3. The first-order valence-corrected chi connectivity index (χ1v) is 9.96. The number of H-pyrrole nitrogens is 1. The number of aliphatic hydroxyl groups excluding tert-OH is 1. The number of carbonyl (C=O) groups is 1. The molecular formula is C24H24N4O2. The van der Waals surface area contributed by atoms with E-state index in [1.807, 2.05) is 72.9 Å². The van der Waals surface area contributed by atoms with Gasteiger partial charge in [-0.05, 0) is 40.8 Å². The van der Waals surface area contributed by atoms with Crippen molar-refractivity contribution < 1.29 is 9.90 Å². The third-order valence-electron chi connectivity index (χ3n) is 5.12. The van der Waals surface area contributed by atoms with Crippen LogP contribution in [0.4, 0.5) is 4.79 Å². The molecule has 6 heteroatoms. The minimum absolute atomic E-state index is 0.174. The van der Waals surface area contributed by atoms with Gasteiger partial charge in [-0.2, -0.15) is 0 Å². The molecule has 0 saturated heterocycles. The molecule has 152 valence electrons. The highest BCUT2D eigenvalue weighted by Crippen LogP contribution is 2.22. The number of aromatic amines is 1. The van der Waals surface area contributed by atoms with Crippen molar-refractivity contribution in [3.05, 3.63) is 90.3 Å². The standard InChI is InChI=1S/C24H24N4O2/c29-16-22(19-10-8-18(9-11-19)17-5-2-1-3-6-17)28-24(30)26-14-12-20-15-27-23-21(20)7-4-13-25-23/h1-11,13,15,22,29H,12,14,16H2,(H,25,27)(H2,26,28,30). The molecule has 0 bridgehead atoms. The summed E-state index contributed by atoms with van der Waals surface area (Å²) in [5, 5.41) is 16.5. The van der Waals surface area contributed by atoms with Crippen molar-refractivity contribution in [1.82, 2.24) is 20.6 Å². The van der Waals surface area contributed by atoms with Crippen LogP contribution in [0.2, 0.25) is 0 Å². The van der Waals surface area contributed by atoms with Crippen molar-refractivity contribution in [1.29, 1.82) is 0 Å². The molecule has 0 fully saturated rings. The van der Waals surface area contributed by atoms with Gasteiger partial charge >= 0.3 is 6.03 Å². The van der Waals surface area contributed by atoms with Gasteiger partial charge < -0.3 is 20.7 Å². The second-order valence-corrected chi connectivity index (χ2v) is 7.09. The molecule has 1 unspecified atom stereocenters. The lowest BCUT2D eigenvalue weighted by atomic mass is 10.0. The van der Waals surface area contributed by atoms with Gasteiger partial charge in [0.25, 0.3) is 0 Å². The average Bonchev–Trinajstić information content (AvgIpc) is 3.21. The van der Waals surface area contributed by atoms with E-state index in [2.05, 4.69) is 20.6 Å². The lowest BCUT2D eigenvalue weighted by molar-refractivity contribution is 0.217. The molecule has 0 radical (unpaired) electrons. The maximum atomic E-state index is 12.3. The largest absolute Gasteiger partial charge is 0.394 e. The van der Waals surface area contributed by atoms with Gasteiger partial charge in [-0.25, -0.2) is 9.78 Å². The summed E-state index contributed by atoms with van der Waals surface area (Å²) in [6.07, 6.45) is 4.35. The maximum absolute atomic E-state index is 12.3. The summed E-state index contributed by atoms with van der Waals surface area (Å²) < 4.78 is 0. The molecule has 6 nitrogen and oxygen atoms in total. The molecule has 30 heavy (non-hydrogen) atoms. The number of rotatable bonds is 7. The molecule has 0 aliphatic heterocycles. The predicted molar refractivity (Wildman–Crippen MR) is 118 cm³/mol. The number of fused-ring (bicyclic) bond motifs is 1. The third-order valence-corrected chi connectivity index (χ3v) is 5.12. The van der Waals surface area contributed by atoms with Gasteiger partial charge in [-0.15, -0.1) is 0 Å². The Morgan fingerprint density at radius 2 is 1.77 bits per heavy atom.